The van der Waals surface area contributed by atoms with Crippen LogP contribution in [0, 0.1) is 0 Å². The lowest BCUT2D eigenvalue weighted by atomic mass is 10.1. The predicted molar refractivity (Wildman–Crippen MR) is 64.7 cm³/mol. The van der Waals surface area contributed by atoms with Gasteiger partial charge in [-0.25, -0.2) is 4.79 Å². The molecular weight excluding hydrogens is 202 g/mol. The molecule has 1 aromatic rings. The first-order chi connectivity index (χ1) is 7.72. The summed E-state index contributed by atoms with van der Waals surface area (Å²) in [6.45, 7) is 3.59. The van der Waals surface area contributed by atoms with Gasteiger partial charge in [-0.3, -0.25) is 4.90 Å². The Bertz CT molecular complexity index is 374. The molecule has 1 saturated heterocycles. The quantitative estimate of drug-likeness (QED) is 0.809. The van der Waals surface area contributed by atoms with Gasteiger partial charge in [-0.2, -0.15) is 0 Å². The van der Waals surface area contributed by atoms with Crippen molar-refractivity contribution in [1.82, 2.24) is 10.6 Å². The molecule has 0 aromatic heterocycles. The Morgan fingerprint density at radius 2 is 2.06 bits per heavy atom. The first kappa shape index (κ1) is 11.0. The molecule has 1 aliphatic heterocycles. The van der Waals surface area contributed by atoms with E-state index in [-0.39, 0.29) is 6.03 Å². The summed E-state index contributed by atoms with van der Waals surface area (Å²) in [6.07, 6.45) is 0. The Morgan fingerprint density at radius 1 is 1.38 bits per heavy atom. The van der Waals surface area contributed by atoms with Gasteiger partial charge in [0.25, 0.3) is 0 Å². The monoisotopic (exact) mass is 219 g/mol. The van der Waals surface area contributed by atoms with E-state index in [4.69, 9.17) is 0 Å². The molecule has 4 nitrogen and oxygen atoms in total. The average molecular weight is 219 g/mol. The summed E-state index contributed by atoms with van der Waals surface area (Å²) in [7, 11) is 1.94. The number of anilines is 1. The van der Waals surface area contributed by atoms with Crippen molar-refractivity contribution in [2.24, 2.45) is 0 Å². The van der Waals surface area contributed by atoms with E-state index in [9.17, 15) is 4.79 Å². The summed E-state index contributed by atoms with van der Waals surface area (Å²) in [5, 5.41) is 5.98. The fourth-order valence-electron chi connectivity index (χ4n) is 1.83. The normalized spacial score (nSPS) is 17.4. The van der Waals surface area contributed by atoms with E-state index in [0.717, 1.165) is 18.8 Å². The molecule has 1 heterocycles. The van der Waals surface area contributed by atoms with Crippen molar-refractivity contribution in [3.8, 4) is 0 Å². The van der Waals surface area contributed by atoms with Crippen LogP contribution in [-0.2, 0) is 0 Å². The first-order valence-electron chi connectivity index (χ1n) is 5.55. The van der Waals surface area contributed by atoms with Crippen LogP contribution in [0.1, 0.15) is 18.5 Å². The number of carbonyl (C=O) groups is 1. The zero-order valence-corrected chi connectivity index (χ0v) is 9.66. The molecule has 0 aliphatic carbocycles. The first-order valence-corrected chi connectivity index (χ1v) is 5.55. The second kappa shape index (κ2) is 4.53. The van der Waals surface area contributed by atoms with E-state index in [1.165, 1.54) is 5.56 Å². The number of hydrogen-bond donors (Lipinski definition) is 2. The van der Waals surface area contributed by atoms with Crippen LogP contribution in [0.25, 0.3) is 0 Å². The summed E-state index contributed by atoms with van der Waals surface area (Å²) in [5.41, 5.74) is 2.19. The molecule has 0 saturated carbocycles. The SMILES string of the molecule is CNC(C)c1ccc(N2CCNC2=O)cc1. The van der Waals surface area contributed by atoms with E-state index < -0.39 is 0 Å². The molecule has 1 aliphatic rings. The van der Waals surface area contributed by atoms with Gasteiger partial charge >= 0.3 is 6.03 Å². The van der Waals surface area contributed by atoms with Gasteiger partial charge in [-0.05, 0) is 31.7 Å². The molecule has 16 heavy (non-hydrogen) atoms. The van der Waals surface area contributed by atoms with Crippen LogP contribution in [-0.4, -0.2) is 26.2 Å². The van der Waals surface area contributed by atoms with Gasteiger partial charge in [-0.15, -0.1) is 0 Å². The molecule has 1 aromatic carbocycles. The molecule has 2 N–H and O–H groups in total. The topological polar surface area (TPSA) is 44.4 Å². The molecule has 0 spiro atoms. The highest BCUT2D eigenvalue weighted by Gasteiger charge is 2.20. The minimum absolute atomic E-state index is 0.00517. The number of urea groups is 1. The molecule has 1 fully saturated rings. The largest absolute Gasteiger partial charge is 0.336 e. The molecule has 1 atom stereocenters. The van der Waals surface area contributed by atoms with Gasteiger partial charge in [0.2, 0.25) is 0 Å². The van der Waals surface area contributed by atoms with Crippen molar-refractivity contribution < 1.29 is 4.79 Å². The van der Waals surface area contributed by atoms with Gasteiger partial charge in [-0.1, -0.05) is 12.1 Å². The second-order valence-corrected chi connectivity index (χ2v) is 3.99. The lowest BCUT2D eigenvalue weighted by Crippen LogP contribution is -2.27. The third kappa shape index (κ3) is 2.02. The van der Waals surface area contributed by atoms with Crippen LogP contribution in [0.4, 0.5) is 10.5 Å². The number of nitrogens with one attached hydrogen (secondary N) is 2. The molecular formula is C12H17N3O. The molecule has 0 radical (unpaired) electrons. The van der Waals surface area contributed by atoms with E-state index in [2.05, 4.69) is 29.7 Å². The molecule has 2 rings (SSSR count). The minimum Gasteiger partial charge on any atom is -0.336 e. The second-order valence-electron chi connectivity index (χ2n) is 3.99. The lowest BCUT2D eigenvalue weighted by molar-refractivity contribution is 0.252. The molecule has 1 unspecified atom stereocenters. The zero-order valence-electron chi connectivity index (χ0n) is 9.66. The summed E-state index contributed by atoms with van der Waals surface area (Å²) in [5.74, 6) is 0. The van der Waals surface area contributed by atoms with Gasteiger partial charge in [0, 0.05) is 24.8 Å². The van der Waals surface area contributed by atoms with Crippen molar-refractivity contribution >= 4 is 11.7 Å². The Labute approximate surface area is 95.6 Å². The Kier molecular flexibility index (Phi) is 3.10. The number of benzene rings is 1. The fourth-order valence-corrected chi connectivity index (χ4v) is 1.83. The van der Waals surface area contributed by atoms with Crippen LogP contribution in [0.3, 0.4) is 0 Å². The number of carbonyl (C=O) groups excluding carboxylic acids is 1. The van der Waals surface area contributed by atoms with E-state index in [1.807, 2.05) is 19.2 Å². The Hall–Kier alpha value is -1.55. The summed E-state index contributed by atoms with van der Waals surface area (Å²) in [4.78, 5) is 13.2. The van der Waals surface area contributed by atoms with Gasteiger partial charge in [0.15, 0.2) is 0 Å². The zero-order chi connectivity index (χ0) is 11.5. The van der Waals surface area contributed by atoms with Crippen molar-refractivity contribution in [2.75, 3.05) is 25.0 Å². The third-order valence-corrected chi connectivity index (χ3v) is 2.99. The molecule has 2 amide bonds. The van der Waals surface area contributed by atoms with Crippen LogP contribution in [0.2, 0.25) is 0 Å². The maximum atomic E-state index is 11.5. The van der Waals surface area contributed by atoms with Gasteiger partial charge in [0.05, 0.1) is 0 Å². The molecule has 0 bridgehead atoms. The van der Waals surface area contributed by atoms with Crippen molar-refractivity contribution in [3.05, 3.63) is 29.8 Å². The van der Waals surface area contributed by atoms with Gasteiger partial charge < -0.3 is 10.6 Å². The molecule has 86 valence electrons. The lowest BCUT2D eigenvalue weighted by Gasteiger charge is -2.16. The highest BCUT2D eigenvalue weighted by molar-refractivity contribution is 5.93. The maximum absolute atomic E-state index is 11.5. The van der Waals surface area contributed by atoms with E-state index >= 15 is 0 Å². The van der Waals surface area contributed by atoms with Crippen molar-refractivity contribution in [3.63, 3.8) is 0 Å². The van der Waals surface area contributed by atoms with Crippen LogP contribution >= 0.6 is 0 Å². The number of amides is 2. The highest BCUT2D eigenvalue weighted by Crippen LogP contribution is 2.20. The molecule has 4 heteroatoms. The van der Waals surface area contributed by atoms with Crippen molar-refractivity contribution in [2.45, 2.75) is 13.0 Å². The smallest absolute Gasteiger partial charge is 0.321 e. The van der Waals surface area contributed by atoms with Crippen LogP contribution in [0.5, 0.6) is 0 Å². The van der Waals surface area contributed by atoms with Crippen LogP contribution in [0.15, 0.2) is 24.3 Å². The van der Waals surface area contributed by atoms with Crippen molar-refractivity contribution in [1.29, 1.82) is 0 Å². The fraction of sp³-hybridized carbons (Fsp3) is 0.417. The third-order valence-electron chi connectivity index (χ3n) is 2.99. The standard InChI is InChI=1S/C12H17N3O/c1-9(13-2)10-3-5-11(6-4-10)15-8-7-14-12(15)16/h3-6,9,13H,7-8H2,1-2H3,(H,14,16). The summed E-state index contributed by atoms with van der Waals surface area (Å²) in [6, 6.07) is 8.43. The number of nitrogens with zero attached hydrogens (tertiary/aromatic N) is 1. The minimum atomic E-state index is -0.00517. The van der Waals surface area contributed by atoms with Gasteiger partial charge in [0.1, 0.15) is 0 Å². The number of hydrogen-bond acceptors (Lipinski definition) is 2. The van der Waals surface area contributed by atoms with Crippen LogP contribution < -0.4 is 15.5 Å². The summed E-state index contributed by atoms with van der Waals surface area (Å²) >= 11 is 0. The predicted octanol–water partition coefficient (Wildman–Crippen LogP) is 1.50. The maximum Gasteiger partial charge on any atom is 0.321 e. The van der Waals surface area contributed by atoms with E-state index in [0.29, 0.717) is 6.04 Å². The summed E-state index contributed by atoms with van der Waals surface area (Å²) < 4.78 is 0. The number of rotatable bonds is 3. The average Bonchev–Trinajstić information content (AvgIpc) is 2.75. The van der Waals surface area contributed by atoms with E-state index in [1.54, 1.807) is 4.90 Å². The highest BCUT2D eigenvalue weighted by atomic mass is 16.2. The Morgan fingerprint density at radius 3 is 2.56 bits per heavy atom. The Balaban J connectivity index is 2.15.